The number of guanidine groups is 1. The first-order valence-corrected chi connectivity index (χ1v) is 9.24. The number of benzene rings is 1. The van der Waals surface area contributed by atoms with Gasteiger partial charge < -0.3 is 16.0 Å². The number of nitrogens with zero attached hydrogens (tertiary/aromatic N) is 2. The van der Waals surface area contributed by atoms with E-state index in [1.807, 2.05) is 0 Å². The molecule has 146 valence electrons. The van der Waals surface area contributed by atoms with Gasteiger partial charge in [0, 0.05) is 32.7 Å². The van der Waals surface area contributed by atoms with Gasteiger partial charge in [-0.2, -0.15) is 0 Å². The number of rotatable bonds is 7. The highest BCUT2D eigenvalue weighted by Crippen LogP contribution is 2.15. The van der Waals surface area contributed by atoms with E-state index >= 15 is 0 Å². The van der Waals surface area contributed by atoms with Crippen LogP contribution >= 0.6 is 35.6 Å². The molecule has 1 unspecified atom stereocenters. The van der Waals surface area contributed by atoms with Crippen LogP contribution in [0.5, 0.6) is 0 Å². The van der Waals surface area contributed by atoms with Crippen molar-refractivity contribution < 1.29 is 4.79 Å². The molecule has 1 fully saturated rings. The Hall–Kier alpha value is -1.06. The average Bonchev–Trinajstić information content (AvgIpc) is 3.09. The maximum absolute atomic E-state index is 12.1. The Morgan fingerprint density at radius 2 is 2.00 bits per heavy atom. The van der Waals surface area contributed by atoms with Crippen LogP contribution in [0.2, 0.25) is 5.02 Å². The Balaban J connectivity index is 0.00000338. The van der Waals surface area contributed by atoms with Crippen LogP contribution in [-0.4, -0.2) is 62.6 Å². The van der Waals surface area contributed by atoms with E-state index in [9.17, 15) is 4.79 Å². The van der Waals surface area contributed by atoms with Gasteiger partial charge in [-0.1, -0.05) is 30.7 Å². The minimum atomic E-state index is -0.167. The summed E-state index contributed by atoms with van der Waals surface area (Å²) in [5, 5.41) is 9.90. The van der Waals surface area contributed by atoms with Crippen molar-refractivity contribution >= 4 is 47.4 Å². The number of halogens is 2. The average molecular weight is 494 g/mol. The van der Waals surface area contributed by atoms with E-state index in [2.05, 4.69) is 32.8 Å². The van der Waals surface area contributed by atoms with Crippen molar-refractivity contribution in [2.24, 2.45) is 4.99 Å². The summed E-state index contributed by atoms with van der Waals surface area (Å²) in [6.45, 7) is 6.45. The predicted octanol–water partition coefficient (Wildman–Crippen LogP) is 2.34. The molecule has 1 aliphatic heterocycles. The fraction of sp³-hybridized carbons (Fsp3) is 0.556. The number of carbonyl (C=O) groups excluding carboxylic acids is 1. The van der Waals surface area contributed by atoms with Crippen LogP contribution in [0.3, 0.4) is 0 Å². The standard InChI is InChI=1S/C18H28ClN5O.HI/c1-3-24-12-6-7-14(24)13-23-18(20-2)22-11-10-21-17(25)15-8-4-5-9-16(15)19;/h4-5,8-9,14H,3,6-7,10-13H2,1-2H3,(H,21,25)(H2,20,22,23);1H. The van der Waals surface area contributed by atoms with Crippen molar-refractivity contribution in [3.63, 3.8) is 0 Å². The van der Waals surface area contributed by atoms with Crippen LogP contribution in [0.25, 0.3) is 0 Å². The third-order valence-electron chi connectivity index (χ3n) is 4.46. The summed E-state index contributed by atoms with van der Waals surface area (Å²) in [4.78, 5) is 18.8. The summed E-state index contributed by atoms with van der Waals surface area (Å²) in [6.07, 6.45) is 2.49. The molecule has 1 aromatic rings. The maximum Gasteiger partial charge on any atom is 0.252 e. The molecule has 1 heterocycles. The molecule has 3 N–H and O–H groups in total. The van der Waals surface area contributed by atoms with E-state index in [1.165, 1.54) is 19.4 Å². The summed E-state index contributed by atoms with van der Waals surface area (Å²) < 4.78 is 0. The molecule has 0 radical (unpaired) electrons. The summed E-state index contributed by atoms with van der Waals surface area (Å²) in [5.74, 6) is 0.592. The van der Waals surface area contributed by atoms with Gasteiger partial charge in [0.05, 0.1) is 10.6 Å². The normalized spacial score (nSPS) is 17.5. The minimum Gasteiger partial charge on any atom is -0.355 e. The number of carbonyl (C=O) groups is 1. The second-order valence-corrected chi connectivity index (χ2v) is 6.45. The highest BCUT2D eigenvalue weighted by Gasteiger charge is 2.22. The number of hydrogen-bond acceptors (Lipinski definition) is 3. The van der Waals surface area contributed by atoms with Gasteiger partial charge in [-0.3, -0.25) is 14.7 Å². The van der Waals surface area contributed by atoms with Gasteiger partial charge in [0.2, 0.25) is 0 Å². The van der Waals surface area contributed by atoms with Crippen LogP contribution in [-0.2, 0) is 0 Å². The van der Waals surface area contributed by atoms with Gasteiger partial charge in [0.25, 0.3) is 5.91 Å². The summed E-state index contributed by atoms with van der Waals surface area (Å²) >= 11 is 6.02. The zero-order valence-electron chi connectivity index (χ0n) is 15.4. The Bertz CT molecular complexity index is 599. The number of hydrogen-bond donors (Lipinski definition) is 3. The molecule has 26 heavy (non-hydrogen) atoms. The van der Waals surface area contributed by atoms with E-state index < -0.39 is 0 Å². The lowest BCUT2D eigenvalue weighted by Gasteiger charge is -2.24. The van der Waals surface area contributed by atoms with Gasteiger partial charge in [0.15, 0.2) is 5.96 Å². The van der Waals surface area contributed by atoms with Gasteiger partial charge in [0.1, 0.15) is 0 Å². The Morgan fingerprint density at radius 1 is 1.27 bits per heavy atom. The lowest BCUT2D eigenvalue weighted by atomic mass is 10.2. The van der Waals surface area contributed by atoms with Crippen LogP contribution in [0.1, 0.15) is 30.1 Å². The second-order valence-electron chi connectivity index (χ2n) is 6.04. The zero-order valence-corrected chi connectivity index (χ0v) is 18.5. The molecule has 1 aromatic carbocycles. The van der Waals surface area contributed by atoms with Crippen LogP contribution in [0.4, 0.5) is 0 Å². The first-order valence-electron chi connectivity index (χ1n) is 8.87. The van der Waals surface area contributed by atoms with Crippen molar-refractivity contribution in [1.82, 2.24) is 20.9 Å². The molecular formula is C18H29ClIN5O. The third-order valence-corrected chi connectivity index (χ3v) is 4.79. The van der Waals surface area contributed by atoms with E-state index in [4.69, 9.17) is 11.6 Å². The molecule has 0 spiro atoms. The Kier molecular flexibility index (Phi) is 10.9. The molecule has 0 aromatic heterocycles. The molecule has 6 nitrogen and oxygen atoms in total. The number of amides is 1. The van der Waals surface area contributed by atoms with Crippen molar-refractivity contribution in [2.75, 3.05) is 39.8 Å². The molecule has 2 rings (SSSR count). The van der Waals surface area contributed by atoms with Crippen molar-refractivity contribution in [3.05, 3.63) is 34.9 Å². The van der Waals surface area contributed by atoms with Crippen LogP contribution in [0, 0.1) is 0 Å². The molecular weight excluding hydrogens is 465 g/mol. The van der Waals surface area contributed by atoms with E-state index in [0.29, 0.717) is 29.7 Å². The largest absolute Gasteiger partial charge is 0.355 e. The Morgan fingerprint density at radius 3 is 2.69 bits per heavy atom. The number of likely N-dealkylation sites (tertiary alicyclic amines) is 1. The monoisotopic (exact) mass is 493 g/mol. The quantitative estimate of drug-likeness (QED) is 0.236. The fourth-order valence-electron chi connectivity index (χ4n) is 3.08. The highest BCUT2D eigenvalue weighted by atomic mass is 127. The summed E-state index contributed by atoms with van der Waals surface area (Å²) in [6, 6.07) is 7.60. The predicted molar refractivity (Wildman–Crippen MR) is 119 cm³/mol. The van der Waals surface area contributed by atoms with E-state index in [-0.39, 0.29) is 29.9 Å². The second kappa shape index (κ2) is 12.3. The zero-order chi connectivity index (χ0) is 18.1. The van der Waals surface area contributed by atoms with Crippen molar-refractivity contribution in [3.8, 4) is 0 Å². The summed E-state index contributed by atoms with van der Waals surface area (Å²) in [7, 11) is 1.75. The van der Waals surface area contributed by atoms with Crippen molar-refractivity contribution in [2.45, 2.75) is 25.8 Å². The number of aliphatic imine (C=N–C) groups is 1. The smallest absolute Gasteiger partial charge is 0.252 e. The SMILES string of the molecule is CCN1CCCC1CNC(=NC)NCCNC(=O)c1ccccc1Cl.I. The summed E-state index contributed by atoms with van der Waals surface area (Å²) in [5.41, 5.74) is 0.493. The van der Waals surface area contributed by atoms with Crippen LogP contribution < -0.4 is 16.0 Å². The lowest BCUT2D eigenvalue weighted by molar-refractivity contribution is 0.0954. The van der Waals surface area contributed by atoms with Gasteiger partial charge in [-0.25, -0.2) is 0 Å². The molecule has 1 atom stereocenters. The van der Waals surface area contributed by atoms with E-state index in [0.717, 1.165) is 19.0 Å². The lowest BCUT2D eigenvalue weighted by Crippen LogP contribution is -2.46. The molecule has 0 bridgehead atoms. The topological polar surface area (TPSA) is 68.8 Å². The first kappa shape index (κ1) is 23.0. The van der Waals surface area contributed by atoms with Crippen molar-refractivity contribution in [1.29, 1.82) is 0 Å². The third kappa shape index (κ3) is 6.92. The first-order chi connectivity index (χ1) is 12.2. The van der Waals surface area contributed by atoms with Crippen LogP contribution in [0.15, 0.2) is 29.3 Å². The molecule has 0 aliphatic carbocycles. The van der Waals surface area contributed by atoms with E-state index in [1.54, 1.807) is 31.3 Å². The molecule has 1 aliphatic rings. The minimum absolute atomic E-state index is 0. The van der Waals surface area contributed by atoms with Gasteiger partial charge in [-0.05, 0) is 38.1 Å². The molecule has 1 amide bonds. The maximum atomic E-state index is 12.1. The molecule has 0 saturated carbocycles. The fourth-order valence-corrected chi connectivity index (χ4v) is 3.30. The highest BCUT2D eigenvalue weighted by molar-refractivity contribution is 14.0. The van der Waals surface area contributed by atoms with Gasteiger partial charge in [-0.15, -0.1) is 24.0 Å². The number of likely N-dealkylation sites (N-methyl/N-ethyl adjacent to an activating group) is 1. The number of nitrogens with one attached hydrogen (secondary N) is 3. The Labute approximate surface area is 178 Å². The van der Waals surface area contributed by atoms with Gasteiger partial charge >= 0.3 is 0 Å². The molecule has 1 saturated heterocycles. The molecule has 8 heteroatoms.